The van der Waals surface area contributed by atoms with E-state index in [9.17, 15) is 14.4 Å². The Morgan fingerprint density at radius 2 is 1.61 bits per heavy atom. The Morgan fingerprint density at radius 3 is 2.28 bits per heavy atom. The molecule has 210 valence electrons. The molecule has 2 atom stereocenters. The summed E-state index contributed by atoms with van der Waals surface area (Å²) in [6.07, 6.45) is 10.8. The molecule has 0 aliphatic carbocycles. The third-order valence-corrected chi connectivity index (χ3v) is 6.22. The van der Waals surface area contributed by atoms with Gasteiger partial charge in [0.2, 0.25) is 0 Å². The SMILES string of the molecule is C=C(C)C(=O)OCCNC(=O)OCCCCCC(=O)OCC(C)CC(C)(C)CCCCC(C)CCC. The smallest absolute Gasteiger partial charge is 0.407 e. The molecule has 2 unspecified atom stereocenters. The molecule has 0 heterocycles. The summed E-state index contributed by atoms with van der Waals surface area (Å²) in [4.78, 5) is 34.8. The highest BCUT2D eigenvalue weighted by Gasteiger charge is 2.21. The maximum atomic E-state index is 12.1. The van der Waals surface area contributed by atoms with Gasteiger partial charge in [-0.2, -0.15) is 0 Å². The van der Waals surface area contributed by atoms with E-state index >= 15 is 0 Å². The molecule has 0 saturated heterocycles. The van der Waals surface area contributed by atoms with E-state index in [2.05, 4.69) is 46.5 Å². The molecule has 0 aromatic rings. The summed E-state index contributed by atoms with van der Waals surface area (Å²) in [6, 6.07) is 0. The lowest BCUT2D eigenvalue weighted by atomic mass is 9.79. The molecule has 7 nitrogen and oxygen atoms in total. The Labute approximate surface area is 220 Å². The van der Waals surface area contributed by atoms with Crippen LogP contribution in [-0.2, 0) is 23.8 Å². The maximum Gasteiger partial charge on any atom is 0.407 e. The van der Waals surface area contributed by atoms with Crippen molar-refractivity contribution in [3.63, 3.8) is 0 Å². The maximum absolute atomic E-state index is 12.1. The minimum atomic E-state index is -0.552. The van der Waals surface area contributed by atoms with Crippen molar-refractivity contribution in [1.82, 2.24) is 5.32 Å². The second-order valence-electron chi connectivity index (χ2n) is 11.1. The van der Waals surface area contributed by atoms with E-state index < -0.39 is 12.1 Å². The lowest BCUT2D eigenvalue weighted by Gasteiger charge is -2.28. The van der Waals surface area contributed by atoms with Crippen molar-refractivity contribution in [2.75, 3.05) is 26.4 Å². The largest absolute Gasteiger partial charge is 0.465 e. The number of rotatable bonds is 21. The van der Waals surface area contributed by atoms with Crippen molar-refractivity contribution < 1.29 is 28.6 Å². The van der Waals surface area contributed by atoms with Crippen molar-refractivity contribution in [1.29, 1.82) is 0 Å². The molecule has 0 radical (unpaired) electrons. The topological polar surface area (TPSA) is 90.9 Å². The van der Waals surface area contributed by atoms with Crippen LogP contribution >= 0.6 is 0 Å². The molecule has 0 aromatic carbocycles. The standard InChI is InChI=1S/C29H53NO6/c1-8-14-24(4)15-11-12-17-29(6,7)21-25(5)22-36-26(31)16-10-9-13-19-35-28(33)30-18-20-34-27(32)23(2)3/h24-25H,2,8-22H2,1,3-7H3,(H,30,33). The first-order valence-corrected chi connectivity index (χ1v) is 13.9. The molecule has 0 fully saturated rings. The molecular weight excluding hydrogens is 458 g/mol. The number of nitrogens with one attached hydrogen (secondary N) is 1. The summed E-state index contributed by atoms with van der Waals surface area (Å²) >= 11 is 0. The van der Waals surface area contributed by atoms with Crippen molar-refractivity contribution in [3.8, 4) is 0 Å². The fourth-order valence-corrected chi connectivity index (χ4v) is 4.33. The third-order valence-electron chi connectivity index (χ3n) is 6.22. The van der Waals surface area contributed by atoms with Gasteiger partial charge in [-0.3, -0.25) is 4.79 Å². The number of amides is 1. The molecule has 1 amide bonds. The van der Waals surface area contributed by atoms with Gasteiger partial charge in [0.1, 0.15) is 6.61 Å². The van der Waals surface area contributed by atoms with E-state index in [0.717, 1.165) is 18.8 Å². The fourth-order valence-electron chi connectivity index (χ4n) is 4.33. The van der Waals surface area contributed by atoms with E-state index in [-0.39, 0.29) is 31.1 Å². The summed E-state index contributed by atoms with van der Waals surface area (Å²) in [5.41, 5.74) is 0.578. The molecule has 0 aromatic heterocycles. The summed E-state index contributed by atoms with van der Waals surface area (Å²) in [5, 5.41) is 2.51. The number of unbranched alkanes of at least 4 members (excludes halogenated alkanes) is 3. The van der Waals surface area contributed by atoms with E-state index in [1.165, 1.54) is 38.5 Å². The zero-order valence-corrected chi connectivity index (χ0v) is 23.9. The molecule has 0 aliphatic heterocycles. The normalized spacial score (nSPS) is 12.9. The van der Waals surface area contributed by atoms with E-state index in [1.54, 1.807) is 6.92 Å². The zero-order chi connectivity index (χ0) is 27.4. The van der Waals surface area contributed by atoms with Gasteiger partial charge >= 0.3 is 18.0 Å². The quantitative estimate of drug-likeness (QED) is 0.0773. The van der Waals surface area contributed by atoms with E-state index in [4.69, 9.17) is 14.2 Å². The number of ether oxygens (including phenoxy) is 3. The molecule has 0 aliphatic rings. The van der Waals surface area contributed by atoms with Crippen LogP contribution in [0.5, 0.6) is 0 Å². The highest BCUT2D eigenvalue weighted by Crippen LogP contribution is 2.32. The summed E-state index contributed by atoms with van der Waals surface area (Å²) in [7, 11) is 0. The number of hydrogen-bond donors (Lipinski definition) is 1. The average Bonchev–Trinajstić information content (AvgIpc) is 2.80. The molecule has 36 heavy (non-hydrogen) atoms. The van der Waals surface area contributed by atoms with Crippen LogP contribution < -0.4 is 5.32 Å². The predicted molar refractivity (Wildman–Crippen MR) is 145 cm³/mol. The molecule has 0 saturated carbocycles. The monoisotopic (exact) mass is 511 g/mol. The second-order valence-corrected chi connectivity index (χ2v) is 11.1. The third kappa shape index (κ3) is 20.2. The van der Waals surface area contributed by atoms with Crippen LogP contribution in [0.15, 0.2) is 12.2 Å². The number of hydrogen-bond acceptors (Lipinski definition) is 6. The highest BCUT2D eigenvalue weighted by molar-refractivity contribution is 5.86. The molecule has 7 heteroatoms. The Hall–Kier alpha value is -2.05. The molecular formula is C29H53NO6. The lowest BCUT2D eigenvalue weighted by Crippen LogP contribution is -2.29. The van der Waals surface area contributed by atoms with Crippen molar-refractivity contribution in [2.45, 2.75) is 112 Å². The second kappa shape index (κ2) is 20.1. The Balaban J connectivity index is 3.76. The minimum Gasteiger partial charge on any atom is -0.465 e. The van der Waals surface area contributed by atoms with E-state index in [1.807, 2.05) is 0 Å². The minimum absolute atomic E-state index is 0.0669. The highest BCUT2D eigenvalue weighted by atomic mass is 16.6. The van der Waals surface area contributed by atoms with Gasteiger partial charge in [0.25, 0.3) is 0 Å². The van der Waals surface area contributed by atoms with Crippen molar-refractivity contribution in [2.24, 2.45) is 17.3 Å². The number of esters is 2. The summed E-state index contributed by atoms with van der Waals surface area (Å²) in [5.74, 6) is 0.534. The van der Waals surface area contributed by atoms with Gasteiger partial charge in [0.05, 0.1) is 19.8 Å². The van der Waals surface area contributed by atoms with Gasteiger partial charge < -0.3 is 19.5 Å². The van der Waals surface area contributed by atoms with Gasteiger partial charge in [0, 0.05) is 12.0 Å². The predicted octanol–water partition coefficient (Wildman–Crippen LogP) is 6.98. The molecule has 1 N–H and O–H groups in total. The molecule has 0 rings (SSSR count). The zero-order valence-electron chi connectivity index (χ0n) is 23.9. The fraction of sp³-hybridized carbons (Fsp3) is 0.828. The Kier molecular flexibility index (Phi) is 18.9. The van der Waals surface area contributed by atoms with Crippen molar-refractivity contribution >= 4 is 18.0 Å². The molecule has 0 bridgehead atoms. The van der Waals surface area contributed by atoms with Crippen LogP contribution in [-0.4, -0.2) is 44.4 Å². The number of carbonyl (C=O) groups is 3. The van der Waals surface area contributed by atoms with Gasteiger partial charge in [0.15, 0.2) is 0 Å². The van der Waals surface area contributed by atoms with Gasteiger partial charge in [-0.1, -0.05) is 73.3 Å². The first-order chi connectivity index (χ1) is 17.0. The summed E-state index contributed by atoms with van der Waals surface area (Å²) in [6.45, 7) is 17.4. The Morgan fingerprint density at radius 1 is 0.889 bits per heavy atom. The van der Waals surface area contributed by atoms with Crippen LogP contribution in [0, 0.1) is 17.3 Å². The average molecular weight is 512 g/mol. The first-order valence-electron chi connectivity index (χ1n) is 13.9. The van der Waals surface area contributed by atoms with Crippen LogP contribution in [0.1, 0.15) is 112 Å². The number of alkyl carbamates (subject to hydrolysis) is 1. The van der Waals surface area contributed by atoms with Crippen molar-refractivity contribution in [3.05, 3.63) is 12.2 Å². The van der Waals surface area contributed by atoms with E-state index in [0.29, 0.717) is 37.4 Å². The van der Waals surface area contributed by atoms with Crippen LogP contribution in [0.25, 0.3) is 0 Å². The van der Waals surface area contributed by atoms with Gasteiger partial charge in [-0.15, -0.1) is 0 Å². The lowest BCUT2D eigenvalue weighted by molar-refractivity contribution is -0.145. The van der Waals surface area contributed by atoms with Gasteiger partial charge in [-0.25, -0.2) is 9.59 Å². The van der Waals surface area contributed by atoms with Crippen LogP contribution in [0.3, 0.4) is 0 Å². The number of carbonyl (C=O) groups excluding carboxylic acids is 3. The first kappa shape index (κ1) is 34.0. The Bertz CT molecular complexity index is 646. The van der Waals surface area contributed by atoms with Crippen LogP contribution in [0.4, 0.5) is 4.79 Å². The van der Waals surface area contributed by atoms with Crippen LogP contribution in [0.2, 0.25) is 0 Å². The summed E-state index contributed by atoms with van der Waals surface area (Å²) < 4.78 is 15.4. The van der Waals surface area contributed by atoms with Gasteiger partial charge in [-0.05, 0) is 56.3 Å². The molecule has 0 spiro atoms.